The van der Waals surface area contributed by atoms with Crippen molar-refractivity contribution in [2.24, 2.45) is 5.92 Å². The first-order valence-corrected chi connectivity index (χ1v) is 8.67. The van der Waals surface area contributed by atoms with Crippen molar-refractivity contribution in [3.8, 4) is 0 Å². The normalized spacial score (nSPS) is 27.4. The van der Waals surface area contributed by atoms with Gasteiger partial charge < -0.3 is 9.84 Å². The average molecular weight is 293 g/mol. The molecule has 0 saturated carbocycles. The highest BCUT2D eigenvalue weighted by Gasteiger charge is 2.41. The Hall–Kier alpha value is -0.580. The quantitative estimate of drug-likeness (QED) is 0.910. The minimum absolute atomic E-state index is 0.0268. The molecule has 1 N–H and O–H groups in total. The summed E-state index contributed by atoms with van der Waals surface area (Å²) in [6.07, 6.45) is 3.71. The second kappa shape index (κ2) is 6.04. The Morgan fingerprint density at radius 1 is 1.40 bits per heavy atom. The molecule has 3 rings (SSSR count). The number of hydrogen-bond acceptors (Lipinski definition) is 4. The molecular formula is C16H23NO2S. The van der Waals surface area contributed by atoms with Crippen LogP contribution in [-0.2, 0) is 4.74 Å². The fourth-order valence-electron chi connectivity index (χ4n) is 3.40. The predicted molar refractivity (Wildman–Crippen MR) is 81.9 cm³/mol. The van der Waals surface area contributed by atoms with Crippen LogP contribution in [0.5, 0.6) is 0 Å². The molecule has 3 nitrogen and oxygen atoms in total. The molecule has 4 heteroatoms. The molecule has 2 aliphatic rings. The van der Waals surface area contributed by atoms with Crippen molar-refractivity contribution in [2.75, 3.05) is 18.1 Å². The maximum Gasteiger partial charge on any atom is 0.0989 e. The van der Waals surface area contributed by atoms with Gasteiger partial charge in [0.05, 0.1) is 17.4 Å². The van der Waals surface area contributed by atoms with E-state index in [-0.39, 0.29) is 11.5 Å². The van der Waals surface area contributed by atoms with Gasteiger partial charge in [-0.2, -0.15) is 11.8 Å². The van der Waals surface area contributed by atoms with E-state index in [9.17, 15) is 5.11 Å². The van der Waals surface area contributed by atoms with E-state index in [1.165, 1.54) is 11.5 Å². The minimum Gasteiger partial charge on any atom is -0.387 e. The second-order valence-corrected chi connectivity index (χ2v) is 7.27. The van der Waals surface area contributed by atoms with E-state index in [1.807, 2.05) is 36.9 Å². The lowest BCUT2D eigenvalue weighted by Gasteiger charge is -2.44. The molecule has 1 aromatic heterocycles. The van der Waals surface area contributed by atoms with Crippen LogP contribution in [0.1, 0.15) is 43.2 Å². The summed E-state index contributed by atoms with van der Waals surface area (Å²) >= 11 is 2.02. The molecule has 110 valence electrons. The van der Waals surface area contributed by atoms with E-state index >= 15 is 0 Å². The van der Waals surface area contributed by atoms with Gasteiger partial charge in [-0.05, 0) is 62.2 Å². The molecule has 1 aromatic rings. The summed E-state index contributed by atoms with van der Waals surface area (Å²) < 4.78 is 6.10. The number of hydrogen-bond donors (Lipinski definition) is 1. The van der Waals surface area contributed by atoms with Crippen molar-refractivity contribution >= 4 is 11.8 Å². The van der Waals surface area contributed by atoms with Crippen LogP contribution in [0.3, 0.4) is 0 Å². The van der Waals surface area contributed by atoms with Gasteiger partial charge in [0.25, 0.3) is 0 Å². The molecule has 20 heavy (non-hydrogen) atoms. The molecule has 2 unspecified atom stereocenters. The number of aryl methyl sites for hydroxylation is 1. The Kier molecular flexibility index (Phi) is 4.34. The summed E-state index contributed by atoms with van der Waals surface area (Å²) in [5, 5.41) is 10.7. The topological polar surface area (TPSA) is 42.4 Å². The van der Waals surface area contributed by atoms with Crippen LogP contribution < -0.4 is 0 Å². The van der Waals surface area contributed by atoms with Gasteiger partial charge in [-0.3, -0.25) is 4.98 Å². The molecule has 3 heterocycles. The van der Waals surface area contributed by atoms with E-state index in [0.717, 1.165) is 43.7 Å². The number of ether oxygens (including phenoxy) is 1. The highest BCUT2D eigenvalue weighted by molar-refractivity contribution is 7.99. The Morgan fingerprint density at radius 2 is 2.20 bits per heavy atom. The van der Waals surface area contributed by atoms with Crippen LogP contribution in [0.15, 0.2) is 18.2 Å². The lowest BCUT2D eigenvalue weighted by molar-refractivity contribution is -0.121. The van der Waals surface area contributed by atoms with Crippen molar-refractivity contribution in [1.29, 1.82) is 0 Å². The standard InChI is InChI=1S/C16H23NO2S/c1-12-3-2-4-14(17-12)15(18)13-5-8-19-16(11-13)6-9-20-10-7-16/h2-4,13,15,18H,5-11H2,1H3. The highest BCUT2D eigenvalue weighted by atomic mass is 32.2. The van der Waals surface area contributed by atoms with Gasteiger partial charge in [-0.1, -0.05) is 6.07 Å². The van der Waals surface area contributed by atoms with Crippen LogP contribution in [0.4, 0.5) is 0 Å². The largest absolute Gasteiger partial charge is 0.387 e. The Labute approximate surface area is 125 Å². The fraction of sp³-hybridized carbons (Fsp3) is 0.688. The average Bonchev–Trinajstić information content (AvgIpc) is 2.47. The zero-order valence-electron chi connectivity index (χ0n) is 12.0. The zero-order chi connectivity index (χ0) is 14.0. The summed E-state index contributed by atoms with van der Waals surface area (Å²) in [6, 6.07) is 5.89. The van der Waals surface area contributed by atoms with Gasteiger partial charge in [0.1, 0.15) is 0 Å². The molecular weight excluding hydrogens is 270 g/mol. The van der Waals surface area contributed by atoms with Crippen molar-refractivity contribution in [2.45, 2.75) is 44.3 Å². The lowest BCUT2D eigenvalue weighted by atomic mass is 9.79. The van der Waals surface area contributed by atoms with Crippen molar-refractivity contribution in [3.63, 3.8) is 0 Å². The smallest absolute Gasteiger partial charge is 0.0989 e. The van der Waals surface area contributed by atoms with Gasteiger partial charge in [0, 0.05) is 12.3 Å². The Bertz CT molecular complexity index is 454. The third kappa shape index (κ3) is 3.02. The Balaban J connectivity index is 1.73. The van der Waals surface area contributed by atoms with Gasteiger partial charge in [-0.25, -0.2) is 0 Å². The maximum absolute atomic E-state index is 10.7. The predicted octanol–water partition coefficient (Wildman–Crippen LogP) is 3.12. The van der Waals surface area contributed by atoms with Gasteiger partial charge >= 0.3 is 0 Å². The molecule has 0 radical (unpaired) electrons. The third-order valence-corrected chi connectivity index (χ3v) is 5.58. The van der Waals surface area contributed by atoms with Crippen LogP contribution in [-0.4, -0.2) is 33.8 Å². The van der Waals surface area contributed by atoms with Gasteiger partial charge in [0.2, 0.25) is 0 Å². The van der Waals surface area contributed by atoms with Gasteiger partial charge in [0.15, 0.2) is 0 Å². The third-order valence-electron chi connectivity index (χ3n) is 4.59. The van der Waals surface area contributed by atoms with E-state index < -0.39 is 6.10 Å². The van der Waals surface area contributed by atoms with Crippen molar-refractivity contribution in [1.82, 2.24) is 4.98 Å². The van der Waals surface area contributed by atoms with Crippen LogP contribution >= 0.6 is 11.8 Å². The van der Waals surface area contributed by atoms with E-state index in [0.29, 0.717) is 0 Å². The minimum atomic E-state index is -0.453. The summed E-state index contributed by atoms with van der Waals surface area (Å²) in [6.45, 7) is 2.75. The van der Waals surface area contributed by atoms with Crippen molar-refractivity contribution < 1.29 is 9.84 Å². The molecule has 1 spiro atoms. The first-order chi connectivity index (χ1) is 9.69. The number of aliphatic hydroxyl groups excluding tert-OH is 1. The zero-order valence-corrected chi connectivity index (χ0v) is 12.9. The lowest BCUT2D eigenvalue weighted by Crippen LogP contribution is -2.44. The van der Waals surface area contributed by atoms with E-state index in [2.05, 4.69) is 4.98 Å². The number of aliphatic hydroxyl groups is 1. The molecule has 2 fully saturated rings. The molecule has 0 aromatic carbocycles. The molecule has 2 saturated heterocycles. The summed E-state index contributed by atoms with van der Waals surface area (Å²) in [7, 11) is 0. The van der Waals surface area contributed by atoms with Crippen LogP contribution in [0.25, 0.3) is 0 Å². The monoisotopic (exact) mass is 293 g/mol. The van der Waals surface area contributed by atoms with Crippen LogP contribution in [0, 0.1) is 12.8 Å². The maximum atomic E-state index is 10.7. The summed E-state index contributed by atoms with van der Waals surface area (Å²) in [5.74, 6) is 2.65. The van der Waals surface area contributed by atoms with E-state index in [4.69, 9.17) is 4.74 Å². The fourth-order valence-corrected chi connectivity index (χ4v) is 4.63. The molecule has 0 amide bonds. The molecule has 0 bridgehead atoms. The summed E-state index contributed by atoms with van der Waals surface area (Å²) in [5.41, 5.74) is 1.81. The number of nitrogens with zero attached hydrogens (tertiary/aromatic N) is 1. The van der Waals surface area contributed by atoms with Gasteiger partial charge in [-0.15, -0.1) is 0 Å². The summed E-state index contributed by atoms with van der Waals surface area (Å²) in [4.78, 5) is 4.49. The first kappa shape index (κ1) is 14.4. The Morgan fingerprint density at radius 3 is 2.95 bits per heavy atom. The van der Waals surface area contributed by atoms with Crippen LogP contribution in [0.2, 0.25) is 0 Å². The number of thioether (sulfide) groups is 1. The molecule has 2 aliphatic heterocycles. The van der Waals surface area contributed by atoms with E-state index in [1.54, 1.807) is 0 Å². The SMILES string of the molecule is Cc1cccc(C(O)C2CCOC3(CCSCC3)C2)n1. The van der Waals surface area contributed by atoms with Crippen molar-refractivity contribution in [3.05, 3.63) is 29.6 Å². The second-order valence-electron chi connectivity index (χ2n) is 6.05. The molecule has 0 aliphatic carbocycles. The number of rotatable bonds is 2. The molecule has 2 atom stereocenters. The number of pyridine rings is 1. The number of aromatic nitrogens is 1. The first-order valence-electron chi connectivity index (χ1n) is 7.52. The highest BCUT2D eigenvalue weighted by Crippen LogP contribution is 2.43.